The molecule has 1 saturated heterocycles. The Kier molecular flexibility index (Phi) is 6.16. The van der Waals surface area contributed by atoms with Crippen LogP contribution in [0, 0.1) is 18.3 Å². The number of piperidine rings is 1. The molecule has 1 spiro atoms. The molecule has 1 amide bonds. The van der Waals surface area contributed by atoms with E-state index < -0.39 is 0 Å². The summed E-state index contributed by atoms with van der Waals surface area (Å²) in [7, 11) is 0. The first-order valence-electron chi connectivity index (χ1n) is 11.8. The fraction of sp³-hybridized carbons (Fsp3) is 0.310. The monoisotopic (exact) mass is 469 g/mol. The van der Waals surface area contributed by atoms with E-state index in [-0.39, 0.29) is 11.3 Å². The Morgan fingerprint density at radius 2 is 1.68 bits per heavy atom. The summed E-state index contributed by atoms with van der Waals surface area (Å²) in [4.78, 5) is 17.9. The van der Waals surface area contributed by atoms with Crippen molar-refractivity contribution in [3.05, 3.63) is 99.6 Å². The lowest BCUT2D eigenvalue weighted by Crippen LogP contribution is -2.46. The highest BCUT2D eigenvalue weighted by molar-refractivity contribution is 6.30. The molecule has 4 nitrogen and oxygen atoms in total. The average molecular weight is 470 g/mol. The number of benzene rings is 3. The Bertz CT molecular complexity index is 1240. The summed E-state index contributed by atoms with van der Waals surface area (Å²) < 4.78 is 0. The lowest BCUT2D eigenvalue weighted by molar-refractivity contribution is -0.118. The van der Waals surface area contributed by atoms with Crippen LogP contribution in [0.3, 0.4) is 0 Å². The Morgan fingerprint density at radius 1 is 1.00 bits per heavy atom. The number of amides is 1. The van der Waals surface area contributed by atoms with Crippen LogP contribution in [0.2, 0.25) is 5.02 Å². The Balaban J connectivity index is 1.32. The van der Waals surface area contributed by atoms with Crippen molar-refractivity contribution in [2.45, 2.75) is 38.1 Å². The van der Waals surface area contributed by atoms with Gasteiger partial charge < -0.3 is 4.90 Å². The van der Waals surface area contributed by atoms with E-state index in [9.17, 15) is 4.79 Å². The van der Waals surface area contributed by atoms with E-state index in [1.165, 1.54) is 16.7 Å². The molecular formula is C29H28ClN3O. The van der Waals surface area contributed by atoms with Crippen molar-refractivity contribution < 1.29 is 4.79 Å². The first-order chi connectivity index (χ1) is 16.5. The number of hydrogen-bond donors (Lipinski definition) is 0. The molecule has 2 aliphatic rings. The number of nitriles is 1. The van der Waals surface area contributed by atoms with Crippen molar-refractivity contribution in [1.29, 1.82) is 5.26 Å². The van der Waals surface area contributed by atoms with Crippen LogP contribution >= 0.6 is 11.6 Å². The number of hydrogen-bond acceptors (Lipinski definition) is 3. The number of anilines is 1. The largest absolute Gasteiger partial charge is 0.311 e. The zero-order valence-electron chi connectivity index (χ0n) is 19.4. The molecule has 2 heterocycles. The summed E-state index contributed by atoms with van der Waals surface area (Å²) in [6.07, 6.45) is 2.44. The van der Waals surface area contributed by atoms with Gasteiger partial charge in [-0.2, -0.15) is 5.26 Å². The van der Waals surface area contributed by atoms with Crippen LogP contribution in [0.5, 0.6) is 0 Å². The van der Waals surface area contributed by atoms with Crippen LogP contribution in [-0.2, 0) is 23.2 Å². The fourth-order valence-corrected chi connectivity index (χ4v) is 5.51. The molecule has 2 aliphatic heterocycles. The molecule has 1 fully saturated rings. The van der Waals surface area contributed by atoms with Gasteiger partial charge >= 0.3 is 0 Å². The number of carbonyl (C=O) groups excluding carboxylic acids is 1. The van der Waals surface area contributed by atoms with Gasteiger partial charge in [-0.25, -0.2) is 0 Å². The first-order valence-corrected chi connectivity index (χ1v) is 12.2. The zero-order chi connectivity index (χ0) is 23.7. The highest BCUT2D eigenvalue weighted by Gasteiger charge is 2.46. The van der Waals surface area contributed by atoms with Crippen molar-refractivity contribution in [2.75, 3.05) is 24.5 Å². The summed E-state index contributed by atoms with van der Waals surface area (Å²) in [6, 6.07) is 24.2. The molecule has 0 bridgehead atoms. The Labute approximate surface area is 206 Å². The van der Waals surface area contributed by atoms with Gasteiger partial charge in [-0.1, -0.05) is 53.6 Å². The van der Waals surface area contributed by atoms with Crippen molar-refractivity contribution in [1.82, 2.24) is 4.90 Å². The summed E-state index contributed by atoms with van der Waals surface area (Å²) in [5, 5.41) is 9.71. The van der Waals surface area contributed by atoms with Gasteiger partial charge in [-0.05, 0) is 79.9 Å². The second-order valence-electron chi connectivity index (χ2n) is 9.67. The minimum atomic E-state index is 0.0121. The molecule has 5 rings (SSSR count). The van der Waals surface area contributed by atoms with Crippen molar-refractivity contribution in [2.24, 2.45) is 0 Å². The van der Waals surface area contributed by atoms with Gasteiger partial charge in [-0.3, -0.25) is 9.69 Å². The summed E-state index contributed by atoms with van der Waals surface area (Å²) in [6.45, 7) is 5.76. The van der Waals surface area contributed by atoms with Crippen LogP contribution in [0.4, 0.5) is 5.69 Å². The second-order valence-corrected chi connectivity index (χ2v) is 10.1. The number of rotatable bonds is 4. The van der Waals surface area contributed by atoms with E-state index in [1.54, 1.807) is 0 Å². The highest BCUT2D eigenvalue weighted by Crippen LogP contribution is 2.47. The summed E-state index contributed by atoms with van der Waals surface area (Å²) in [5.41, 5.74) is 6.57. The molecule has 0 aromatic heterocycles. The molecule has 5 heteroatoms. The van der Waals surface area contributed by atoms with E-state index in [0.717, 1.165) is 50.3 Å². The lowest BCUT2D eigenvalue weighted by Gasteiger charge is -2.40. The molecule has 0 saturated carbocycles. The van der Waals surface area contributed by atoms with E-state index in [1.807, 2.05) is 53.4 Å². The number of fused-ring (bicyclic) bond motifs is 2. The quantitative estimate of drug-likeness (QED) is 0.496. The average Bonchev–Trinajstić information content (AvgIpc) is 3.16. The molecule has 172 valence electrons. The lowest BCUT2D eigenvalue weighted by atomic mass is 9.74. The third-order valence-corrected chi connectivity index (χ3v) is 7.60. The third kappa shape index (κ3) is 4.46. The summed E-state index contributed by atoms with van der Waals surface area (Å²) >= 11 is 6.02. The maximum absolute atomic E-state index is 13.4. The third-order valence-electron chi connectivity index (χ3n) is 7.35. The minimum Gasteiger partial charge on any atom is -0.311 e. The minimum absolute atomic E-state index is 0.0121. The normalized spacial score (nSPS) is 16.9. The zero-order valence-corrected chi connectivity index (χ0v) is 20.2. The van der Waals surface area contributed by atoms with Crippen molar-refractivity contribution >= 4 is 23.2 Å². The second kappa shape index (κ2) is 9.25. The van der Waals surface area contributed by atoms with Gasteiger partial charge in [-0.15, -0.1) is 0 Å². The van der Waals surface area contributed by atoms with Crippen LogP contribution in [0.25, 0.3) is 0 Å². The van der Waals surface area contributed by atoms with Crippen molar-refractivity contribution in [3.8, 4) is 6.07 Å². The Morgan fingerprint density at radius 3 is 2.35 bits per heavy atom. The molecule has 0 unspecified atom stereocenters. The molecule has 3 aromatic rings. The Hall–Kier alpha value is -3.13. The maximum Gasteiger partial charge on any atom is 0.231 e. The topological polar surface area (TPSA) is 47.3 Å². The summed E-state index contributed by atoms with van der Waals surface area (Å²) in [5.74, 6) is 0.143. The van der Waals surface area contributed by atoms with Gasteiger partial charge in [0.2, 0.25) is 5.91 Å². The number of halogens is 1. The van der Waals surface area contributed by atoms with Crippen LogP contribution in [0.1, 0.15) is 40.7 Å². The predicted octanol–water partition coefficient (Wildman–Crippen LogP) is 5.64. The number of aryl methyl sites for hydroxylation is 1. The van der Waals surface area contributed by atoms with E-state index in [0.29, 0.717) is 17.0 Å². The van der Waals surface area contributed by atoms with Crippen molar-refractivity contribution in [3.63, 3.8) is 0 Å². The van der Waals surface area contributed by atoms with Gasteiger partial charge in [0, 0.05) is 29.2 Å². The van der Waals surface area contributed by atoms with Gasteiger partial charge in [0.15, 0.2) is 0 Å². The van der Waals surface area contributed by atoms with E-state index >= 15 is 0 Å². The molecule has 0 N–H and O–H groups in total. The van der Waals surface area contributed by atoms with Crippen LogP contribution in [-0.4, -0.2) is 30.4 Å². The number of carbonyl (C=O) groups is 1. The van der Waals surface area contributed by atoms with Gasteiger partial charge in [0.25, 0.3) is 0 Å². The van der Waals surface area contributed by atoms with Crippen LogP contribution < -0.4 is 4.90 Å². The molecule has 0 radical (unpaired) electrons. The SMILES string of the molecule is Cc1ccc2c(c1)C1(CCN(Cc3ccc(C#N)cc3)CC1)CN2C(=O)Cc1ccc(Cl)cc1. The standard InChI is InChI=1S/C29H28ClN3O/c1-21-2-11-27-26(16-21)29(20-33(27)28(34)17-22-7-9-25(30)10-8-22)12-14-32(15-13-29)19-24-5-3-23(18-31)4-6-24/h2-11,16H,12-15,17,19-20H2,1H3. The highest BCUT2D eigenvalue weighted by atomic mass is 35.5. The molecule has 3 aromatic carbocycles. The molecular weight excluding hydrogens is 442 g/mol. The molecule has 34 heavy (non-hydrogen) atoms. The van der Waals surface area contributed by atoms with Gasteiger partial charge in [0.1, 0.15) is 0 Å². The van der Waals surface area contributed by atoms with Gasteiger partial charge in [0.05, 0.1) is 18.1 Å². The first kappa shape index (κ1) is 22.7. The predicted molar refractivity (Wildman–Crippen MR) is 136 cm³/mol. The number of nitrogens with zero attached hydrogens (tertiary/aromatic N) is 3. The molecule has 0 atom stereocenters. The number of likely N-dealkylation sites (tertiary alicyclic amines) is 1. The van der Waals surface area contributed by atoms with Crippen LogP contribution in [0.15, 0.2) is 66.7 Å². The fourth-order valence-electron chi connectivity index (χ4n) is 5.39. The smallest absolute Gasteiger partial charge is 0.231 e. The van der Waals surface area contributed by atoms with E-state index in [4.69, 9.17) is 16.9 Å². The maximum atomic E-state index is 13.4. The molecule has 0 aliphatic carbocycles. The van der Waals surface area contributed by atoms with E-state index in [2.05, 4.69) is 36.1 Å².